The summed E-state index contributed by atoms with van der Waals surface area (Å²) >= 11 is 0. The van der Waals surface area contributed by atoms with E-state index < -0.39 is 0 Å². The maximum Gasteiger partial charge on any atom is 0.495 e. The largest absolute Gasteiger partial charge is 0.495 e. The highest BCUT2D eigenvalue weighted by Gasteiger charge is 2.51. The summed E-state index contributed by atoms with van der Waals surface area (Å²) < 4.78 is 18.1. The molecule has 0 spiro atoms. The molecule has 3 rings (SSSR count). The van der Waals surface area contributed by atoms with Gasteiger partial charge in [0.2, 0.25) is 0 Å². The van der Waals surface area contributed by atoms with Crippen LogP contribution in [0.1, 0.15) is 38.8 Å². The predicted molar refractivity (Wildman–Crippen MR) is 97.7 cm³/mol. The molecule has 1 heterocycles. The Morgan fingerprint density at radius 3 is 2.12 bits per heavy atom. The number of ether oxygens (including phenoxy) is 1. The minimum Gasteiger partial charge on any atom is -0.489 e. The fourth-order valence-electron chi connectivity index (χ4n) is 2.75. The molecule has 1 saturated heterocycles. The summed E-state index contributed by atoms with van der Waals surface area (Å²) in [6.45, 7) is 10.9. The van der Waals surface area contributed by atoms with Crippen LogP contribution in [0.2, 0.25) is 0 Å². The summed E-state index contributed by atoms with van der Waals surface area (Å²) in [6.07, 6.45) is 0. The van der Waals surface area contributed by atoms with Crippen LogP contribution in [0, 0.1) is 6.92 Å². The van der Waals surface area contributed by atoms with Gasteiger partial charge in [0.25, 0.3) is 0 Å². The van der Waals surface area contributed by atoms with Crippen LogP contribution in [0.3, 0.4) is 0 Å². The van der Waals surface area contributed by atoms with Crippen molar-refractivity contribution in [3.63, 3.8) is 0 Å². The molecule has 0 saturated carbocycles. The zero-order valence-electron chi connectivity index (χ0n) is 15.1. The lowest BCUT2D eigenvalue weighted by molar-refractivity contribution is 0.00578. The molecule has 1 aliphatic heterocycles. The van der Waals surface area contributed by atoms with Crippen LogP contribution in [0.5, 0.6) is 5.75 Å². The van der Waals surface area contributed by atoms with Gasteiger partial charge in [-0.2, -0.15) is 0 Å². The van der Waals surface area contributed by atoms with Crippen molar-refractivity contribution in [2.45, 2.75) is 52.4 Å². The van der Waals surface area contributed by atoms with Gasteiger partial charge in [0, 0.05) is 0 Å². The van der Waals surface area contributed by atoms with Crippen LogP contribution < -0.4 is 10.2 Å². The number of aryl methyl sites for hydroxylation is 1. The Morgan fingerprint density at radius 1 is 0.917 bits per heavy atom. The number of rotatable bonds is 4. The highest BCUT2D eigenvalue weighted by molar-refractivity contribution is 6.62. The van der Waals surface area contributed by atoms with Gasteiger partial charge < -0.3 is 14.0 Å². The van der Waals surface area contributed by atoms with Crippen molar-refractivity contribution in [2.75, 3.05) is 0 Å². The standard InChI is InChI=1S/C20H25BO3/c1-15-13-16(14-22-17-9-7-6-8-10-17)11-12-18(15)21-23-19(2,3)20(4,5)24-21/h6-13H,14H2,1-5H3. The van der Waals surface area contributed by atoms with Gasteiger partial charge in [0.1, 0.15) is 12.4 Å². The molecule has 0 amide bonds. The quantitative estimate of drug-likeness (QED) is 0.799. The third-order valence-electron chi connectivity index (χ3n) is 4.99. The summed E-state index contributed by atoms with van der Waals surface area (Å²) in [5.74, 6) is 0.880. The van der Waals surface area contributed by atoms with Crippen molar-refractivity contribution in [1.29, 1.82) is 0 Å². The lowest BCUT2D eigenvalue weighted by Gasteiger charge is -2.32. The number of benzene rings is 2. The molecule has 24 heavy (non-hydrogen) atoms. The Balaban J connectivity index is 1.72. The van der Waals surface area contributed by atoms with Crippen molar-refractivity contribution in [3.8, 4) is 5.75 Å². The molecule has 2 aromatic rings. The summed E-state index contributed by atoms with van der Waals surface area (Å²) in [6, 6.07) is 16.2. The van der Waals surface area contributed by atoms with Crippen LogP contribution in [-0.4, -0.2) is 18.3 Å². The lowest BCUT2D eigenvalue weighted by atomic mass is 9.76. The first-order chi connectivity index (χ1) is 11.3. The first-order valence-electron chi connectivity index (χ1n) is 8.41. The second kappa shape index (κ2) is 6.27. The van der Waals surface area contributed by atoms with Gasteiger partial charge in [0.05, 0.1) is 11.2 Å². The number of para-hydroxylation sites is 1. The van der Waals surface area contributed by atoms with Gasteiger partial charge in [-0.3, -0.25) is 0 Å². The van der Waals surface area contributed by atoms with E-state index in [1.54, 1.807) is 0 Å². The van der Waals surface area contributed by atoms with Gasteiger partial charge in [-0.25, -0.2) is 0 Å². The Hall–Kier alpha value is -1.78. The minimum atomic E-state index is -0.320. The Morgan fingerprint density at radius 2 is 1.54 bits per heavy atom. The average Bonchev–Trinajstić information content (AvgIpc) is 2.74. The van der Waals surface area contributed by atoms with Crippen molar-refractivity contribution in [1.82, 2.24) is 0 Å². The lowest BCUT2D eigenvalue weighted by Crippen LogP contribution is -2.41. The van der Waals surface area contributed by atoms with Gasteiger partial charge in [-0.15, -0.1) is 0 Å². The normalized spacial score (nSPS) is 18.6. The highest BCUT2D eigenvalue weighted by atomic mass is 16.7. The summed E-state index contributed by atoms with van der Waals surface area (Å²) in [4.78, 5) is 0. The smallest absolute Gasteiger partial charge is 0.489 e. The molecule has 0 atom stereocenters. The third kappa shape index (κ3) is 3.35. The molecule has 1 fully saturated rings. The molecule has 2 aromatic carbocycles. The topological polar surface area (TPSA) is 27.7 Å². The monoisotopic (exact) mass is 324 g/mol. The van der Waals surface area contributed by atoms with Crippen LogP contribution >= 0.6 is 0 Å². The van der Waals surface area contributed by atoms with E-state index in [2.05, 4.69) is 52.8 Å². The van der Waals surface area contributed by atoms with Gasteiger partial charge in [0.15, 0.2) is 0 Å². The van der Waals surface area contributed by atoms with Crippen molar-refractivity contribution in [2.24, 2.45) is 0 Å². The molecule has 0 bridgehead atoms. The highest BCUT2D eigenvalue weighted by Crippen LogP contribution is 2.36. The van der Waals surface area contributed by atoms with E-state index in [0.717, 1.165) is 22.3 Å². The maximum absolute atomic E-state index is 6.15. The molecule has 0 aliphatic carbocycles. The Bertz CT molecular complexity index is 694. The molecular weight excluding hydrogens is 299 g/mol. The van der Waals surface area contributed by atoms with Crippen molar-refractivity contribution < 1.29 is 14.0 Å². The van der Waals surface area contributed by atoms with Gasteiger partial charge in [-0.1, -0.05) is 42.0 Å². The molecule has 4 heteroatoms. The molecule has 1 aliphatic rings. The molecule has 0 radical (unpaired) electrons. The second-order valence-corrected chi connectivity index (χ2v) is 7.38. The van der Waals surface area contributed by atoms with Gasteiger partial charge in [-0.05, 0) is 57.8 Å². The summed E-state index contributed by atoms with van der Waals surface area (Å²) in [5, 5.41) is 0. The van der Waals surface area contributed by atoms with Crippen molar-refractivity contribution in [3.05, 3.63) is 59.7 Å². The molecular formula is C20H25BO3. The summed E-state index contributed by atoms with van der Waals surface area (Å²) in [7, 11) is -0.320. The predicted octanol–water partition coefficient (Wildman–Crippen LogP) is 3.87. The van der Waals surface area contributed by atoms with Crippen LogP contribution in [0.25, 0.3) is 0 Å². The first kappa shape index (κ1) is 17.1. The average molecular weight is 324 g/mol. The van der Waals surface area contributed by atoms with Crippen LogP contribution in [0.4, 0.5) is 0 Å². The second-order valence-electron chi connectivity index (χ2n) is 7.38. The van der Waals surface area contributed by atoms with E-state index in [9.17, 15) is 0 Å². The minimum absolute atomic E-state index is 0.320. The fraction of sp³-hybridized carbons (Fsp3) is 0.400. The van der Waals surface area contributed by atoms with E-state index in [4.69, 9.17) is 14.0 Å². The first-order valence-corrected chi connectivity index (χ1v) is 8.41. The van der Waals surface area contributed by atoms with Gasteiger partial charge >= 0.3 is 7.12 Å². The van der Waals surface area contributed by atoms with Crippen molar-refractivity contribution >= 4 is 12.6 Å². The molecule has 126 valence electrons. The molecule has 0 N–H and O–H groups in total. The van der Waals surface area contributed by atoms with E-state index in [-0.39, 0.29) is 18.3 Å². The Labute approximate surface area is 145 Å². The zero-order chi connectivity index (χ0) is 17.4. The Kier molecular flexibility index (Phi) is 4.45. The summed E-state index contributed by atoms with van der Waals surface area (Å²) in [5.41, 5.74) is 2.73. The molecule has 0 aromatic heterocycles. The van der Waals surface area contributed by atoms with E-state index in [1.165, 1.54) is 0 Å². The fourth-order valence-corrected chi connectivity index (χ4v) is 2.75. The molecule has 0 unspecified atom stereocenters. The van der Waals surface area contributed by atoms with Crippen LogP contribution in [-0.2, 0) is 15.9 Å². The maximum atomic E-state index is 6.15. The zero-order valence-corrected chi connectivity index (χ0v) is 15.1. The molecule has 3 nitrogen and oxygen atoms in total. The SMILES string of the molecule is Cc1cc(COc2ccccc2)ccc1B1OC(C)(C)C(C)(C)O1. The number of hydrogen-bond donors (Lipinski definition) is 0. The van der Waals surface area contributed by atoms with Crippen LogP contribution in [0.15, 0.2) is 48.5 Å². The van der Waals surface area contributed by atoms with E-state index in [1.807, 2.05) is 30.3 Å². The van der Waals surface area contributed by atoms with E-state index in [0.29, 0.717) is 6.61 Å². The number of hydrogen-bond acceptors (Lipinski definition) is 3. The third-order valence-corrected chi connectivity index (χ3v) is 4.99. The van der Waals surface area contributed by atoms with E-state index >= 15 is 0 Å².